The average molecular weight is 217 g/mol. The largest absolute Gasteiger partial charge is 0.496 e. The third-order valence-electron chi connectivity index (χ3n) is 2.35. The van der Waals surface area contributed by atoms with Gasteiger partial charge in [-0.05, 0) is 19.1 Å². The van der Waals surface area contributed by atoms with Crippen molar-refractivity contribution in [3.63, 3.8) is 0 Å². The van der Waals surface area contributed by atoms with Crippen molar-refractivity contribution in [3.8, 4) is 5.75 Å². The fourth-order valence-electron chi connectivity index (χ4n) is 1.49. The fraction of sp³-hybridized carbons (Fsp3) is 0.167. The maximum Gasteiger partial charge on any atom is 0.201 e. The summed E-state index contributed by atoms with van der Waals surface area (Å²) in [6.07, 6.45) is 1.42. The topological polar surface area (TPSA) is 52.3 Å². The van der Waals surface area contributed by atoms with E-state index in [0.29, 0.717) is 22.6 Å². The molecule has 0 bridgehead atoms. The molecule has 0 atom stereocenters. The number of methoxy groups -OCH3 is 1. The zero-order valence-electron chi connectivity index (χ0n) is 9.06. The van der Waals surface area contributed by atoms with Crippen molar-refractivity contribution < 1.29 is 14.1 Å². The Morgan fingerprint density at radius 2 is 2.06 bits per heavy atom. The molecule has 0 radical (unpaired) electrons. The number of carbonyl (C=O) groups is 1. The maximum atomic E-state index is 12.1. The van der Waals surface area contributed by atoms with Crippen molar-refractivity contribution in [2.45, 2.75) is 6.92 Å². The molecular formula is C12H11NO3. The van der Waals surface area contributed by atoms with E-state index in [2.05, 4.69) is 5.16 Å². The van der Waals surface area contributed by atoms with E-state index in [-0.39, 0.29) is 5.78 Å². The van der Waals surface area contributed by atoms with Crippen LogP contribution in [0.5, 0.6) is 5.75 Å². The van der Waals surface area contributed by atoms with Crippen molar-refractivity contribution >= 4 is 5.78 Å². The molecule has 4 nitrogen and oxygen atoms in total. The number of nitrogens with zero attached hydrogens (tertiary/aromatic N) is 1. The molecule has 2 aromatic rings. The second kappa shape index (κ2) is 4.18. The van der Waals surface area contributed by atoms with Crippen LogP contribution in [-0.4, -0.2) is 18.0 Å². The van der Waals surface area contributed by atoms with E-state index in [9.17, 15) is 4.79 Å². The predicted octanol–water partition coefficient (Wildman–Crippen LogP) is 2.22. The first kappa shape index (κ1) is 10.4. The first-order valence-corrected chi connectivity index (χ1v) is 4.83. The molecule has 0 amide bonds. The third kappa shape index (κ3) is 1.69. The van der Waals surface area contributed by atoms with E-state index in [4.69, 9.17) is 9.26 Å². The van der Waals surface area contributed by atoms with Gasteiger partial charge in [-0.25, -0.2) is 0 Å². The summed E-state index contributed by atoms with van der Waals surface area (Å²) in [5.41, 5.74) is 0.973. The first-order valence-electron chi connectivity index (χ1n) is 4.83. The zero-order chi connectivity index (χ0) is 11.5. The molecule has 2 rings (SSSR count). The Balaban J connectivity index is 2.46. The van der Waals surface area contributed by atoms with Crippen LogP contribution in [0.15, 0.2) is 35.0 Å². The molecule has 0 aliphatic carbocycles. The molecule has 0 aliphatic rings. The normalized spacial score (nSPS) is 10.1. The van der Waals surface area contributed by atoms with Crippen LogP contribution in [-0.2, 0) is 0 Å². The number of rotatable bonds is 3. The molecule has 1 aromatic heterocycles. The van der Waals surface area contributed by atoms with E-state index >= 15 is 0 Å². The smallest absolute Gasteiger partial charge is 0.201 e. The zero-order valence-corrected chi connectivity index (χ0v) is 9.06. The van der Waals surface area contributed by atoms with Gasteiger partial charge in [0.05, 0.1) is 24.4 Å². The standard InChI is InChI=1S/C12H11NO3/c1-8-10(7-13-16-8)12(14)9-5-3-4-6-11(9)15-2/h3-7H,1-2H3. The van der Waals surface area contributed by atoms with Gasteiger partial charge in [-0.1, -0.05) is 17.3 Å². The fourth-order valence-corrected chi connectivity index (χ4v) is 1.49. The summed E-state index contributed by atoms with van der Waals surface area (Å²) in [4.78, 5) is 12.1. The van der Waals surface area contributed by atoms with Crippen molar-refractivity contribution in [1.82, 2.24) is 5.16 Å². The number of para-hydroxylation sites is 1. The van der Waals surface area contributed by atoms with E-state index in [1.54, 1.807) is 25.1 Å². The van der Waals surface area contributed by atoms with Gasteiger partial charge < -0.3 is 9.26 Å². The SMILES string of the molecule is COc1ccccc1C(=O)c1cnoc1C. The van der Waals surface area contributed by atoms with Gasteiger partial charge in [0.1, 0.15) is 11.5 Å². The highest BCUT2D eigenvalue weighted by Gasteiger charge is 2.18. The number of aromatic nitrogens is 1. The van der Waals surface area contributed by atoms with E-state index in [0.717, 1.165) is 0 Å². The van der Waals surface area contributed by atoms with Gasteiger partial charge in [0, 0.05) is 0 Å². The lowest BCUT2D eigenvalue weighted by Crippen LogP contribution is -2.03. The van der Waals surface area contributed by atoms with Crippen LogP contribution in [0.1, 0.15) is 21.7 Å². The van der Waals surface area contributed by atoms with Crippen molar-refractivity contribution in [2.75, 3.05) is 7.11 Å². The van der Waals surface area contributed by atoms with Crippen LogP contribution >= 0.6 is 0 Å². The van der Waals surface area contributed by atoms with Crippen molar-refractivity contribution in [1.29, 1.82) is 0 Å². The monoisotopic (exact) mass is 217 g/mol. The minimum absolute atomic E-state index is 0.142. The minimum Gasteiger partial charge on any atom is -0.496 e. The number of benzene rings is 1. The quantitative estimate of drug-likeness (QED) is 0.740. The summed E-state index contributed by atoms with van der Waals surface area (Å²) in [6, 6.07) is 7.07. The highest BCUT2D eigenvalue weighted by atomic mass is 16.5. The highest BCUT2D eigenvalue weighted by molar-refractivity contribution is 6.11. The summed E-state index contributed by atoms with van der Waals surface area (Å²) < 4.78 is 10.0. The van der Waals surface area contributed by atoms with Gasteiger partial charge in [0.15, 0.2) is 0 Å². The second-order valence-corrected chi connectivity index (χ2v) is 3.33. The molecule has 16 heavy (non-hydrogen) atoms. The Labute approximate surface area is 92.8 Å². The van der Waals surface area contributed by atoms with Crippen LogP contribution in [0.2, 0.25) is 0 Å². The lowest BCUT2D eigenvalue weighted by Gasteiger charge is -2.05. The molecule has 0 saturated carbocycles. The molecule has 1 heterocycles. The predicted molar refractivity (Wildman–Crippen MR) is 57.7 cm³/mol. The molecule has 4 heteroatoms. The Kier molecular flexibility index (Phi) is 2.72. The minimum atomic E-state index is -0.142. The molecule has 0 fully saturated rings. The van der Waals surface area contributed by atoms with Crippen LogP contribution in [0.25, 0.3) is 0 Å². The van der Waals surface area contributed by atoms with Gasteiger partial charge in [-0.2, -0.15) is 0 Å². The summed E-state index contributed by atoms with van der Waals surface area (Å²) in [6.45, 7) is 1.70. The molecule has 0 saturated heterocycles. The molecule has 0 unspecified atom stereocenters. The Morgan fingerprint density at radius 3 is 2.69 bits per heavy atom. The van der Waals surface area contributed by atoms with Crippen LogP contribution in [0, 0.1) is 6.92 Å². The number of carbonyl (C=O) groups excluding carboxylic acids is 1. The van der Waals surface area contributed by atoms with Gasteiger partial charge in [-0.15, -0.1) is 0 Å². The highest BCUT2D eigenvalue weighted by Crippen LogP contribution is 2.22. The summed E-state index contributed by atoms with van der Waals surface area (Å²) in [5, 5.41) is 3.59. The van der Waals surface area contributed by atoms with Gasteiger partial charge in [0.25, 0.3) is 0 Å². The lowest BCUT2D eigenvalue weighted by atomic mass is 10.0. The van der Waals surface area contributed by atoms with E-state index in [1.165, 1.54) is 13.3 Å². The number of aryl methyl sites for hydroxylation is 1. The van der Waals surface area contributed by atoms with Crippen LogP contribution in [0.3, 0.4) is 0 Å². The molecule has 82 valence electrons. The van der Waals surface area contributed by atoms with Gasteiger partial charge in [0.2, 0.25) is 5.78 Å². The average Bonchev–Trinajstić information content (AvgIpc) is 2.74. The number of hydrogen-bond donors (Lipinski definition) is 0. The number of hydrogen-bond acceptors (Lipinski definition) is 4. The van der Waals surface area contributed by atoms with Crippen LogP contribution < -0.4 is 4.74 Å². The number of ketones is 1. The Hall–Kier alpha value is -2.10. The van der Waals surface area contributed by atoms with Gasteiger partial charge >= 0.3 is 0 Å². The lowest BCUT2D eigenvalue weighted by molar-refractivity contribution is 0.103. The summed E-state index contributed by atoms with van der Waals surface area (Å²) in [7, 11) is 1.53. The molecule has 0 N–H and O–H groups in total. The summed E-state index contributed by atoms with van der Waals surface area (Å²) >= 11 is 0. The van der Waals surface area contributed by atoms with Gasteiger partial charge in [-0.3, -0.25) is 4.79 Å². The Morgan fingerprint density at radius 1 is 1.31 bits per heavy atom. The summed E-state index contributed by atoms with van der Waals surface area (Å²) in [5.74, 6) is 0.917. The second-order valence-electron chi connectivity index (χ2n) is 3.33. The van der Waals surface area contributed by atoms with E-state index < -0.39 is 0 Å². The number of ether oxygens (including phenoxy) is 1. The van der Waals surface area contributed by atoms with Crippen molar-refractivity contribution in [2.24, 2.45) is 0 Å². The van der Waals surface area contributed by atoms with Crippen molar-refractivity contribution in [3.05, 3.63) is 47.3 Å². The third-order valence-corrected chi connectivity index (χ3v) is 2.35. The molecular weight excluding hydrogens is 206 g/mol. The molecule has 1 aromatic carbocycles. The Bertz CT molecular complexity index is 516. The van der Waals surface area contributed by atoms with E-state index in [1.807, 2.05) is 6.07 Å². The molecule has 0 aliphatic heterocycles. The van der Waals surface area contributed by atoms with Crippen LogP contribution in [0.4, 0.5) is 0 Å². The molecule has 0 spiro atoms. The first-order chi connectivity index (χ1) is 7.74. The maximum absolute atomic E-state index is 12.1.